The van der Waals surface area contributed by atoms with Gasteiger partial charge in [0.05, 0.1) is 11.3 Å². The molecule has 2 aliphatic heterocycles. The molecule has 6 heteroatoms. The van der Waals surface area contributed by atoms with Gasteiger partial charge >= 0.3 is 6.03 Å². The number of nitrogens with one attached hydrogen (secondary N) is 2. The molecule has 1 aromatic carbocycles. The van der Waals surface area contributed by atoms with Crippen molar-refractivity contribution in [1.29, 1.82) is 0 Å². The average molecular weight is 415 g/mol. The molecule has 1 aromatic rings. The minimum Gasteiger partial charge on any atom is -0.339 e. The fourth-order valence-corrected chi connectivity index (χ4v) is 4.96. The molecule has 2 heterocycles. The van der Waals surface area contributed by atoms with Crippen molar-refractivity contribution in [2.75, 3.05) is 38.0 Å². The molecule has 2 saturated heterocycles. The Morgan fingerprint density at radius 2 is 1.63 bits per heavy atom. The number of anilines is 1. The second-order valence-electron chi connectivity index (χ2n) is 8.72. The molecular weight excluding hydrogens is 376 g/mol. The highest BCUT2D eigenvalue weighted by Crippen LogP contribution is 2.25. The zero-order valence-corrected chi connectivity index (χ0v) is 18.9. The van der Waals surface area contributed by atoms with Gasteiger partial charge in [-0.25, -0.2) is 4.79 Å². The summed E-state index contributed by atoms with van der Waals surface area (Å²) < 4.78 is 0. The maximum absolute atomic E-state index is 13.0. The van der Waals surface area contributed by atoms with Gasteiger partial charge in [0, 0.05) is 25.7 Å². The number of hydrogen-bond acceptors (Lipinski definition) is 3. The van der Waals surface area contributed by atoms with Crippen LogP contribution in [0.2, 0.25) is 0 Å². The predicted octanol–water partition coefficient (Wildman–Crippen LogP) is 4.25. The predicted molar refractivity (Wildman–Crippen MR) is 122 cm³/mol. The van der Waals surface area contributed by atoms with Crippen molar-refractivity contribution < 1.29 is 9.59 Å². The van der Waals surface area contributed by atoms with Crippen LogP contribution in [0.4, 0.5) is 10.5 Å². The molecular formula is C24H38N4O2. The van der Waals surface area contributed by atoms with E-state index in [0.29, 0.717) is 29.8 Å². The average Bonchev–Trinajstić information content (AvgIpc) is 3.46. The van der Waals surface area contributed by atoms with E-state index in [4.69, 9.17) is 0 Å². The van der Waals surface area contributed by atoms with Gasteiger partial charge in [-0.05, 0) is 63.2 Å². The maximum atomic E-state index is 13.0. The molecule has 6 nitrogen and oxygen atoms in total. The van der Waals surface area contributed by atoms with Gasteiger partial charge in [-0.15, -0.1) is 0 Å². The van der Waals surface area contributed by atoms with Crippen molar-refractivity contribution >= 4 is 17.6 Å². The zero-order valence-electron chi connectivity index (χ0n) is 18.9. The summed E-state index contributed by atoms with van der Waals surface area (Å²) in [7, 11) is 0. The lowest BCUT2D eigenvalue weighted by molar-refractivity contribution is 0.0793. The SMILES string of the molecule is CCC(CC)[C@@H](CNC(=O)Nc1c(C)cccc1C(=O)N1CCCC1)N1CCCC1. The number of benzene rings is 1. The third-order valence-electron chi connectivity index (χ3n) is 6.81. The summed E-state index contributed by atoms with van der Waals surface area (Å²) in [4.78, 5) is 30.2. The lowest BCUT2D eigenvalue weighted by Gasteiger charge is -2.34. The van der Waals surface area contributed by atoms with Crippen LogP contribution in [0.25, 0.3) is 0 Å². The molecule has 30 heavy (non-hydrogen) atoms. The molecule has 2 N–H and O–H groups in total. The molecule has 0 aliphatic carbocycles. The summed E-state index contributed by atoms with van der Waals surface area (Å²) in [5.74, 6) is 0.590. The number of urea groups is 1. The second kappa shape index (κ2) is 10.8. The highest BCUT2D eigenvalue weighted by Gasteiger charge is 2.28. The number of para-hydroxylation sites is 1. The molecule has 2 aliphatic rings. The van der Waals surface area contributed by atoms with E-state index in [9.17, 15) is 9.59 Å². The van der Waals surface area contributed by atoms with Crippen LogP contribution in [0, 0.1) is 12.8 Å². The molecule has 166 valence electrons. The summed E-state index contributed by atoms with van der Waals surface area (Å²) in [6.07, 6.45) is 6.83. The number of aryl methyl sites for hydroxylation is 1. The van der Waals surface area contributed by atoms with Gasteiger partial charge in [-0.3, -0.25) is 9.69 Å². The van der Waals surface area contributed by atoms with Gasteiger partial charge in [0.1, 0.15) is 0 Å². The van der Waals surface area contributed by atoms with Gasteiger partial charge in [0.15, 0.2) is 0 Å². The van der Waals surface area contributed by atoms with Gasteiger partial charge in [0.2, 0.25) is 0 Å². The van der Waals surface area contributed by atoms with E-state index in [-0.39, 0.29) is 11.9 Å². The number of nitrogens with zero attached hydrogens (tertiary/aromatic N) is 2. The summed E-state index contributed by atoms with van der Waals surface area (Å²) in [5, 5.41) is 6.09. The highest BCUT2D eigenvalue weighted by molar-refractivity contribution is 6.04. The third-order valence-corrected chi connectivity index (χ3v) is 6.81. The molecule has 3 amide bonds. The molecule has 0 bridgehead atoms. The van der Waals surface area contributed by atoms with Crippen molar-refractivity contribution in [3.63, 3.8) is 0 Å². The van der Waals surface area contributed by atoms with E-state index in [1.165, 1.54) is 12.8 Å². The van der Waals surface area contributed by atoms with Crippen molar-refractivity contribution in [3.05, 3.63) is 29.3 Å². The molecule has 1 atom stereocenters. The van der Waals surface area contributed by atoms with Crippen molar-refractivity contribution in [1.82, 2.24) is 15.1 Å². The van der Waals surface area contributed by atoms with Crippen LogP contribution in [-0.4, -0.2) is 60.5 Å². The quantitative estimate of drug-likeness (QED) is 0.668. The molecule has 0 saturated carbocycles. The number of rotatable bonds is 8. The normalized spacial score (nSPS) is 18.1. The van der Waals surface area contributed by atoms with Gasteiger partial charge in [-0.2, -0.15) is 0 Å². The Balaban J connectivity index is 1.67. The summed E-state index contributed by atoms with van der Waals surface area (Å²) >= 11 is 0. The first-order valence-corrected chi connectivity index (χ1v) is 11.7. The second-order valence-corrected chi connectivity index (χ2v) is 8.72. The first-order chi connectivity index (χ1) is 14.5. The lowest BCUT2D eigenvalue weighted by atomic mass is 9.93. The summed E-state index contributed by atoms with van der Waals surface area (Å²) in [5.41, 5.74) is 2.13. The first kappa shape index (κ1) is 22.6. The van der Waals surface area contributed by atoms with Crippen LogP contribution in [0.3, 0.4) is 0 Å². The minimum absolute atomic E-state index is 0.0125. The Hall–Kier alpha value is -2.08. The van der Waals surface area contributed by atoms with Gasteiger partial charge in [-0.1, -0.05) is 38.8 Å². The van der Waals surface area contributed by atoms with E-state index in [1.807, 2.05) is 30.0 Å². The lowest BCUT2D eigenvalue weighted by Crippen LogP contribution is -2.47. The largest absolute Gasteiger partial charge is 0.339 e. The zero-order chi connectivity index (χ0) is 21.5. The van der Waals surface area contributed by atoms with Crippen LogP contribution in [0.15, 0.2) is 18.2 Å². The summed E-state index contributed by atoms with van der Waals surface area (Å²) in [6, 6.07) is 5.79. The maximum Gasteiger partial charge on any atom is 0.319 e. The van der Waals surface area contributed by atoms with Gasteiger partial charge in [0.25, 0.3) is 5.91 Å². The van der Waals surface area contributed by atoms with E-state index in [1.54, 1.807) is 0 Å². The number of likely N-dealkylation sites (tertiary alicyclic amines) is 2. The molecule has 2 fully saturated rings. The molecule has 3 rings (SSSR count). The highest BCUT2D eigenvalue weighted by atomic mass is 16.2. The Bertz CT molecular complexity index is 718. The van der Waals surface area contributed by atoms with Crippen LogP contribution in [-0.2, 0) is 0 Å². The van der Waals surface area contributed by atoms with E-state index in [0.717, 1.165) is 57.4 Å². The van der Waals surface area contributed by atoms with E-state index < -0.39 is 0 Å². The topological polar surface area (TPSA) is 64.7 Å². The fraction of sp³-hybridized carbons (Fsp3) is 0.667. The Morgan fingerprint density at radius 3 is 2.27 bits per heavy atom. The van der Waals surface area contributed by atoms with E-state index >= 15 is 0 Å². The van der Waals surface area contributed by atoms with Crippen molar-refractivity contribution in [2.24, 2.45) is 5.92 Å². The Labute approximate surface area is 181 Å². The minimum atomic E-state index is -0.227. The van der Waals surface area contributed by atoms with E-state index in [2.05, 4.69) is 29.4 Å². The Morgan fingerprint density at radius 1 is 1.00 bits per heavy atom. The first-order valence-electron chi connectivity index (χ1n) is 11.7. The number of hydrogen-bond donors (Lipinski definition) is 2. The monoisotopic (exact) mass is 414 g/mol. The summed E-state index contributed by atoms with van der Waals surface area (Å²) in [6.45, 7) is 10.9. The molecule has 0 spiro atoms. The third kappa shape index (κ3) is 5.34. The fourth-order valence-electron chi connectivity index (χ4n) is 4.96. The number of carbonyl (C=O) groups excluding carboxylic acids is 2. The van der Waals surface area contributed by atoms with Gasteiger partial charge < -0.3 is 15.5 Å². The van der Waals surface area contributed by atoms with Crippen LogP contribution in [0.5, 0.6) is 0 Å². The van der Waals surface area contributed by atoms with Crippen molar-refractivity contribution in [3.8, 4) is 0 Å². The van der Waals surface area contributed by atoms with Crippen LogP contribution in [0.1, 0.15) is 68.3 Å². The number of carbonyl (C=O) groups is 2. The standard InChI is InChI=1S/C24H38N4O2/c1-4-19(5-2)21(27-13-6-7-14-27)17-25-24(30)26-22-18(3)11-10-12-20(22)23(29)28-15-8-9-16-28/h10-12,19,21H,4-9,13-17H2,1-3H3,(H2,25,26,30)/t21-/m1/s1. The molecule has 0 unspecified atom stereocenters. The molecule has 0 aromatic heterocycles. The Kier molecular flexibility index (Phi) is 8.14. The van der Waals surface area contributed by atoms with Crippen molar-refractivity contribution in [2.45, 2.75) is 65.3 Å². The van der Waals surface area contributed by atoms with Crippen LogP contribution < -0.4 is 10.6 Å². The number of amides is 3. The van der Waals surface area contributed by atoms with Crippen LogP contribution >= 0.6 is 0 Å². The smallest absolute Gasteiger partial charge is 0.319 e. The molecule has 0 radical (unpaired) electrons.